The van der Waals surface area contributed by atoms with E-state index in [4.69, 9.17) is 0 Å². The van der Waals surface area contributed by atoms with E-state index in [9.17, 15) is 10.2 Å². The summed E-state index contributed by atoms with van der Waals surface area (Å²) in [5.74, 6) is 0.953. The quantitative estimate of drug-likeness (QED) is 0.306. The van der Waals surface area contributed by atoms with Crippen molar-refractivity contribution in [2.24, 2.45) is 0 Å². The Labute approximate surface area is 197 Å². The smallest absolute Gasteiger partial charge is 0.202 e. The second-order valence-electron chi connectivity index (χ2n) is 8.77. The number of rotatable bonds is 6. The fourth-order valence-electron chi connectivity index (χ4n) is 4.32. The minimum atomic E-state index is 0.0282. The SMILES string of the molecule is Oc1cc(-c2ccccc2)c(O)n1Cc1cccc(-c2ccc3ncnc(NC4CC4)c3c2)c1. The van der Waals surface area contributed by atoms with E-state index in [2.05, 4.69) is 39.6 Å². The Balaban J connectivity index is 1.33. The van der Waals surface area contributed by atoms with Gasteiger partial charge in [0, 0.05) is 23.1 Å². The maximum Gasteiger partial charge on any atom is 0.202 e. The van der Waals surface area contributed by atoms with Crippen molar-refractivity contribution in [3.63, 3.8) is 0 Å². The van der Waals surface area contributed by atoms with Gasteiger partial charge < -0.3 is 15.5 Å². The molecule has 6 nitrogen and oxygen atoms in total. The Morgan fingerprint density at radius 2 is 1.62 bits per heavy atom. The summed E-state index contributed by atoms with van der Waals surface area (Å²) < 4.78 is 1.52. The van der Waals surface area contributed by atoms with Gasteiger partial charge in [-0.05, 0) is 53.3 Å². The highest BCUT2D eigenvalue weighted by Gasteiger charge is 2.22. The van der Waals surface area contributed by atoms with Crippen LogP contribution in [0.15, 0.2) is 85.2 Å². The lowest BCUT2D eigenvalue weighted by molar-refractivity contribution is 0.378. The van der Waals surface area contributed by atoms with E-state index in [1.807, 2.05) is 48.5 Å². The number of fused-ring (bicyclic) bond motifs is 1. The Hall–Kier alpha value is -4.32. The molecule has 0 amide bonds. The number of hydrogen-bond donors (Lipinski definition) is 3. The van der Waals surface area contributed by atoms with E-state index in [-0.39, 0.29) is 11.8 Å². The Morgan fingerprint density at radius 1 is 0.824 bits per heavy atom. The van der Waals surface area contributed by atoms with Crippen LogP contribution in [-0.4, -0.2) is 30.8 Å². The molecule has 6 heteroatoms. The number of hydrogen-bond acceptors (Lipinski definition) is 5. The number of aromatic hydroxyl groups is 2. The number of nitrogens with one attached hydrogen (secondary N) is 1. The van der Waals surface area contributed by atoms with Gasteiger partial charge in [-0.1, -0.05) is 54.6 Å². The van der Waals surface area contributed by atoms with Crippen LogP contribution in [0.2, 0.25) is 0 Å². The second-order valence-corrected chi connectivity index (χ2v) is 8.77. The van der Waals surface area contributed by atoms with Gasteiger partial charge in [-0.25, -0.2) is 9.97 Å². The van der Waals surface area contributed by atoms with Crippen molar-refractivity contribution in [1.29, 1.82) is 0 Å². The average Bonchev–Trinajstić information content (AvgIpc) is 3.65. The monoisotopic (exact) mass is 448 g/mol. The molecule has 3 N–H and O–H groups in total. The van der Waals surface area contributed by atoms with Crippen molar-refractivity contribution < 1.29 is 10.2 Å². The maximum atomic E-state index is 10.8. The molecule has 0 saturated heterocycles. The van der Waals surface area contributed by atoms with Gasteiger partial charge in [0.1, 0.15) is 12.1 Å². The summed E-state index contributed by atoms with van der Waals surface area (Å²) in [6.45, 7) is 0.351. The highest BCUT2D eigenvalue weighted by Crippen LogP contribution is 2.37. The molecule has 1 aliphatic carbocycles. The summed E-state index contributed by atoms with van der Waals surface area (Å²) in [7, 11) is 0. The molecule has 3 aromatic carbocycles. The van der Waals surface area contributed by atoms with Gasteiger partial charge in [0.2, 0.25) is 5.88 Å². The molecule has 0 unspecified atom stereocenters. The third kappa shape index (κ3) is 3.83. The molecule has 1 aliphatic rings. The Bertz CT molecular complexity index is 1490. The van der Waals surface area contributed by atoms with Crippen LogP contribution >= 0.6 is 0 Å². The average molecular weight is 449 g/mol. The van der Waals surface area contributed by atoms with Gasteiger partial charge in [0.15, 0.2) is 5.88 Å². The third-order valence-corrected chi connectivity index (χ3v) is 6.29. The van der Waals surface area contributed by atoms with Crippen molar-refractivity contribution in [3.05, 3.63) is 90.8 Å². The molecule has 6 rings (SSSR count). The molecule has 34 heavy (non-hydrogen) atoms. The van der Waals surface area contributed by atoms with Gasteiger partial charge >= 0.3 is 0 Å². The van der Waals surface area contributed by atoms with Crippen LogP contribution in [-0.2, 0) is 6.54 Å². The van der Waals surface area contributed by atoms with E-state index < -0.39 is 0 Å². The number of anilines is 1. The molecule has 2 heterocycles. The van der Waals surface area contributed by atoms with Crippen LogP contribution < -0.4 is 5.32 Å². The zero-order valence-corrected chi connectivity index (χ0v) is 18.5. The molecule has 1 fully saturated rings. The lowest BCUT2D eigenvalue weighted by Gasteiger charge is -2.11. The summed E-state index contributed by atoms with van der Waals surface area (Å²) >= 11 is 0. The van der Waals surface area contributed by atoms with Crippen LogP contribution in [0.25, 0.3) is 33.2 Å². The first-order valence-electron chi connectivity index (χ1n) is 11.4. The summed E-state index contributed by atoms with van der Waals surface area (Å²) in [4.78, 5) is 8.88. The maximum absolute atomic E-state index is 10.8. The standard InChI is InChI=1S/C28H24N4O2/c33-26-15-23(19-6-2-1-3-7-19)28(34)32(26)16-18-5-4-8-20(13-18)21-9-12-25-24(14-21)27(30-17-29-25)31-22-10-11-22/h1-9,12-15,17,22,33-34H,10-11,16H2,(H,29,30,31). The van der Waals surface area contributed by atoms with E-state index in [0.717, 1.165) is 39.0 Å². The molecule has 0 spiro atoms. The second kappa shape index (κ2) is 8.23. The fraction of sp³-hybridized carbons (Fsp3) is 0.143. The normalized spacial score (nSPS) is 13.3. The van der Waals surface area contributed by atoms with Crippen molar-refractivity contribution in [2.75, 3.05) is 5.32 Å². The third-order valence-electron chi connectivity index (χ3n) is 6.29. The van der Waals surface area contributed by atoms with Gasteiger partial charge in [0.05, 0.1) is 12.1 Å². The van der Waals surface area contributed by atoms with Gasteiger partial charge in [0.25, 0.3) is 0 Å². The summed E-state index contributed by atoms with van der Waals surface area (Å²) in [6.07, 6.45) is 3.96. The van der Waals surface area contributed by atoms with Crippen LogP contribution in [0.3, 0.4) is 0 Å². The fourth-order valence-corrected chi connectivity index (χ4v) is 4.32. The van der Waals surface area contributed by atoms with Gasteiger partial charge in [-0.15, -0.1) is 0 Å². The lowest BCUT2D eigenvalue weighted by atomic mass is 10.0. The first-order chi connectivity index (χ1) is 16.7. The lowest BCUT2D eigenvalue weighted by Crippen LogP contribution is -2.04. The van der Waals surface area contributed by atoms with Crippen molar-refractivity contribution in [1.82, 2.24) is 14.5 Å². The number of benzene rings is 3. The van der Waals surface area contributed by atoms with E-state index >= 15 is 0 Å². The molecule has 5 aromatic rings. The minimum Gasteiger partial charge on any atom is -0.494 e. The number of aromatic nitrogens is 3. The highest BCUT2D eigenvalue weighted by atomic mass is 16.3. The van der Waals surface area contributed by atoms with E-state index in [0.29, 0.717) is 18.2 Å². The first-order valence-corrected chi connectivity index (χ1v) is 11.4. The zero-order chi connectivity index (χ0) is 23.1. The molecule has 0 bridgehead atoms. The summed E-state index contributed by atoms with van der Waals surface area (Å²) in [6, 6.07) is 26.0. The largest absolute Gasteiger partial charge is 0.494 e. The predicted octanol–water partition coefficient (Wildman–Crippen LogP) is 5.80. The number of nitrogens with zero attached hydrogens (tertiary/aromatic N) is 3. The molecule has 0 aliphatic heterocycles. The van der Waals surface area contributed by atoms with Crippen LogP contribution in [0.4, 0.5) is 5.82 Å². The first kappa shape index (κ1) is 20.3. The van der Waals surface area contributed by atoms with Crippen LogP contribution in [0, 0.1) is 0 Å². The molecule has 2 aromatic heterocycles. The molecule has 168 valence electrons. The Kier molecular flexibility index (Phi) is 4.91. The Morgan fingerprint density at radius 3 is 2.44 bits per heavy atom. The summed E-state index contributed by atoms with van der Waals surface area (Å²) in [5.41, 5.74) is 5.47. The molecular formula is C28H24N4O2. The predicted molar refractivity (Wildman–Crippen MR) is 134 cm³/mol. The summed E-state index contributed by atoms with van der Waals surface area (Å²) in [5, 5.41) is 25.9. The molecule has 0 atom stereocenters. The van der Waals surface area contributed by atoms with Crippen LogP contribution in [0.5, 0.6) is 11.8 Å². The zero-order valence-electron chi connectivity index (χ0n) is 18.5. The topological polar surface area (TPSA) is 83.2 Å². The van der Waals surface area contributed by atoms with E-state index in [1.54, 1.807) is 12.4 Å². The van der Waals surface area contributed by atoms with Crippen molar-refractivity contribution >= 4 is 16.7 Å². The van der Waals surface area contributed by atoms with E-state index in [1.165, 1.54) is 17.4 Å². The van der Waals surface area contributed by atoms with Crippen molar-refractivity contribution in [3.8, 4) is 34.0 Å². The highest BCUT2D eigenvalue weighted by molar-refractivity contribution is 5.92. The molecular weight excluding hydrogens is 424 g/mol. The van der Waals surface area contributed by atoms with Gasteiger partial charge in [-0.2, -0.15) is 0 Å². The van der Waals surface area contributed by atoms with Crippen LogP contribution in [0.1, 0.15) is 18.4 Å². The van der Waals surface area contributed by atoms with Crippen molar-refractivity contribution in [2.45, 2.75) is 25.4 Å². The minimum absolute atomic E-state index is 0.0282. The molecule has 0 radical (unpaired) electrons. The molecule has 1 saturated carbocycles. The van der Waals surface area contributed by atoms with Gasteiger partial charge in [-0.3, -0.25) is 4.57 Å².